The Bertz CT molecular complexity index is 739. The van der Waals surface area contributed by atoms with Crippen LogP contribution in [0.3, 0.4) is 0 Å². The van der Waals surface area contributed by atoms with Gasteiger partial charge in [-0.3, -0.25) is 0 Å². The molecule has 2 rings (SSSR count). The highest BCUT2D eigenvalue weighted by Crippen LogP contribution is 2.43. The smallest absolute Gasteiger partial charge is 0.258 e. The average Bonchev–Trinajstić information content (AvgIpc) is 2.67. The molecule has 4 heteroatoms. The summed E-state index contributed by atoms with van der Waals surface area (Å²) < 4.78 is 18.2. The zero-order valence-electron chi connectivity index (χ0n) is 20.1. The molecule has 0 spiro atoms. The minimum absolute atomic E-state index is 0.272. The SMILES string of the molecule is Cc1cc(O[Si](C(C)C)(C(C)C)C(C)C)cc(C)c1CCOCOc1ccccc1. The standard InChI is InChI=1S/C26H40O3Si/c1-19(2)30(20(3)4,21(5)6)29-25-16-22(7)26(23(8)17-25)14-15-27-18-28-24-12-10-9-11-13-24/h9-13,16-17,19-21H,14-15,18H2,1-8H3. The Morgan fingerprint density at radius 1 is 0.767 bits per heavy atom. The van der Waals surface area contributed by atoms with Gasteiger partial charge in [0.25, 0.3) is 8.32 Å². The Morgan fingerprint density at radius 3 is 1.80 bits per heavy atom. The van der Waals surface area contributed by atoms with Crippen LogP contribution in [0.1, 0.15) is 58.2 Å². The second-order valence-corrected chi connectivity index (χ2v) is 14.6. The molecule has 0 atom stereocenters. The van der Waals surface area contributed by atoms with Crippen molar-refractivity contribution in [1.29, 1.82) is 0 Å². The van der Waals surface area contributed by atoms with Gasteiger partial charge in [0.2, 0.25) is 0 Å². The lowest BCUT2D eigenvalue weighted by atomic mass is 10.00. The first kappa shape index (κ1) is 24.5. The molecule has 0 unspecified atom stereocenters. The highest BCUT2D eigenvalue weighted by molar-refractivity contribution is 6.78. The number of aryl methyl sites for hydroxylation is 2. The zero-order chi connectivity index (χ0) is 22.3. The van der Waals surface area contributed by atoms with Gasteiger partial charge >= 0.3 is 0 Å². The van der Waals surface area contributed by atoms with E-state index >= 15 is 0 Å². The summed E-state index contributed by atoms with van der Waals surface area (Å²) >= 11 is 0. The second-order valence-electron chi connectivity index (χ2n) is 9.19. The van der Waals surface area contributed by atoms with Gasteiger partial charge in [-0.25, -0.2) is 0 Å². The summed E-state index contributed by atoms with van der Waals surface area (Å²) in [5.74, 6) is 1.87. The molecule has 0 aromatic heterocycles. The molecule has 3 nitrogen and oxygen atoms in total. The summed E-state index contributed by atoms with van der Waals surface area (Å²) in [5, 5.41) is 0. The van der Waals surface area contributed by atoms with Gasteiger partial charge in [-0.2, -0.15) is 0 Å². The Balaban J connectivity index is 2.02. The van der Waals surface area contributed by atoms with Crippen LogP contribution in [0.4, 0.5) is 0 Å². The van der Waals surface area contributed by atoms with Crippen LogP contribution in [-0.2, 0) is 11.2 Å². The summed E-state index contributed by atoms with van der Waals surface area (Å²) in [5.41, 5.74) is 5.59. The molecule has 0 saturated carbocycles. The van der Waals surface area contributed by atoms with Crippen molar-refractivity contribution in [3.63, 3.8) is 0 Å². The molecule has 0 aliphatic carbocycles. The molecule has 0 radical (unpaired) electrons. The molecule has 0 heterocycles. The summed E-state index contributed by atoms with van der Waals surface area (Å²) in [7, 11) is -1.94. The number of benzene rings is 2. The fourth-order valence-electron chi connectivity index (χ4n) is 4.82. The highest BCUT2D eigenvalue weighted by Gasteiger charge is 2.47. The average molecular weight is 429 g/mol. The van der Waals surface area contributed by atoms with Crippen LogP contribution in [-0.4, -0.2) is 21.7 Å². The summed E-state index contributed by atoms with van der Waals surface area (Å²) in [6.07, 6.45) is 0.872. The maximum absolute atomic E-state index is 6.88. The molecule has 2 aromatic carbocycles. The third-order valence-corrected chi connectivity index (χ3v) is 12.2. The number of hydrogen-bond donors (Lipinski definition) is 0. The Morgan fingerprint density at radius 2 is 1.30 bits per heavy atom. The van der Waals surface area contributed by atoms with Crippen molar-refractivity contribution in [2.45, 2.75) is 78.4 Å². The zero-order valence-corrected chi connectivity index (χ0v) is 21.1. The van der Waals surface area contributed by atoms with Crippen LogP contribution in [0.2, 0.25) is 16.6 Å². The molecule has 2 aromatic rings. The lowest BCUT2D eigenvalue weighted by molar-refractivity contribution is 0.0168. The number of hydrogen-bond acceptors (Lipinski definition) is 3. The first-order chi connectivity index (χ1) is 14.2. The predicted molar refractivity (Wildman–Crippen MR) is 129 cm³/mol. The molecular formula is C26H40O3Si. The number of rotatable bonds is 11. The van der Waals surface area contributed by atoms with E-state index in [-0.39, 0.29) is 6.79 Å². The third-order valence-electron chi connectivity index (χ3n) is 6.22. The van der Waals surface area contributed by atoms with Gasteiger partial charge in [-0.05, 0) is 77.8 Å². The van der Waals surface area contributed by atoms with Crippen LogP contribution in [0.5, 0.6) is 11.5 Å². The van der Waals surface area contributed by atoms with Crippen LogP contribution < -0.4 is 9.16 Å². The molecule has 0 bridgehead atoms. The van der Waals surface area contributed by atoms with Gasteiger partial charge in [0, 0.05) is 0 Å². The molecule has 0 amide bonds. The van der Waals surface area contributed by atoms with Crippen LogP contribution in [0, 0.1) is 13.8 Å². The second kappa shape index (κ2) is 11.0. The van der Waals surface area contributed by atoms with E-state index in [1.165, 1.54) is 16.7 Å². The highest BCUT2D eigenvalue weighted by atomic mass is 28.4. The Labute approximate surface area is 184 Å². The monoisotopic (exact) mass is 428 g/mol. The van der Waals surface area contributed by atoms with Gasteiger partial charge in [0.1, 0.15) is 11.5 Å². The van der Waals surface area contributed by atoms with E-state index in [4.69, 9.17) is 13.9 Å². The van der Waals surface area contributed by atoms with Gasteiger partial charge in [-0.1, -0.05) is 59.7 Å². The topological polar surface area (TPSA) is 27.7 Å². The van der Waals surface area contributed by atoms with E-state index in [0.29, 0.717) is 23.2 Å². The first-order valence-electron chi connectivity index (χ1n) is 11.2. The van der Waals surface area contributed by atoms with Crippen molar-refractivity contribution < 1.29 is 13.9 Å². The van der Waals surface area contributed by atoms with E-state index < -0.39 is 8.32 Å². The van der Waals surface area contributed by atoms with Crippen molar-refractivity contribution in [3.8, 4) is 11.5 Å². The Hall–Kier alpha value is -1.78. The quantitative estimate of drug-likeness (QED) is 0.211. The fourth-order valence-corrected chi connectivity index (χ4v) is 10.1. The minimum atomic E-state index is -1.94. The van der Waals surface area contributed by atoms with E-state index in [1.54, 1.807) is 0 Å². The van der Waals surface area contributed by atoms with Crippen molar-refractivity contribution in [3.05, 3.63) is 59.2 Å². The van der Waals surface area contributed by atoms with Crippen molar-refractivity contribution >= 4 is 8.32 Å². The lowest BCUT2D eigenvalue weighted by Gasteiger charge is -2.42. The van der Waals surface area contributed by atoms with E-state index in [9.17, 15) is 0 Å². The Kier molecular flexibility index (Phi) is 8.99. The van der Waals surface area contributed by atoms with Crippen LogP contribution in [0.25, 0.3) is 0 Å². The molecule has 0 aliphatic rings. The van der Waals surface area contributed by atoms with Gasteiger partial charge in [0.05, 0.1) is 6.61 Å². The van der Waals surface area contributed by atoms with Gasteiger partial charge < -0.3 is 13.9 Å². The maximum Gasteiger partial charge on any atom is 0.258 e. The van der Waals surface area contributed by atoms with Crippen molar-refractivity contribution in [2.75, 3.05) is 13.4 Å². The van der Waals surface area contributed by atoms with Gasteiger partial charge in [0.15, 0.2) is 6.79 Å². The third kappa shape index (κ3) is 5.89. The van der Waals surface area contributed by atoms with Gasteiger partial charge in [-0.15, -0.1) is 0 Å². The number of para-hydroxylation sites is 1. The first-order valence-corrected chi connectivity index (χ1v) is 13.4. The normalized spacial score (nSPS) is 12.1. The molecule has 0 N–H and O–H groups in total. The molecule has 0 aliphatic heterocycles. The summed E-state index contributed by atoms with van der Waals surface area (Å²) in [4.78, 5) is 0. The minimum Gasteiger partial charge on any atom is -0.543 e. The predicted octanol–water partition coefficient (Wildman–Crippen LogP) is 7.45. The lowest BCUT2D eigenvalue weighted by Crippen LogP contribution is -2.50. The fraction of sp³-hybridized carbons (Fsp3) is 0.538. The summed E-state index contributed by atoms with van der Waals surface area (Å²) in [6, 6.07) is 14.2. The van der Waals surface area contributed by atoms with E-state index in [1.807, 2.05) is 30.3 Å². The van der Waals surface area contributed by atoms with E-state index in [2.05, 4.69) is 67.5 Å². The summed E-state index contributed by atoms with van der Waals surface area (Å²) in [6.45, 7) is 19.2. The number of ether oxygens (including phenoxy) is 2. The van der Waals surface area contributed by atoms with Crippen LogP contribution >= 0.6 is 0 Å². The maximum atomic E-state index is 6.88. The molecular weight excluding hydrogens is 388 g/mol. The van der Waals surface area contributed by atoms with E-state index in [0.717, 1.165) is 17.9 Å². The van der Waals surface area contributed by atoms with Crippen molar-refractivity contribution in [2.24, 2.45) is 0 Å². The largest absolute Gasteiger partial charge is 0.543 e. The molecule has 0 saturated heterocycles. The van der Waals surface area contributed by atoms with Crippen LogP contribution in [0.15, 0.2) is 42.5 Å². The molecule has 166 valence electrons. The molecule has 30 heavy (non-hydrogen) atoms. The van der Waals surface area contributed by atoms with Crippen molar-refractivity contribution in [1.82, 2.24) is 0 Å². The molecule has 0 fully saturated rings.